The zero-order chi connectivity index (χ0) is 15.2. The summed E-state index contributed by atoms with van der Waals surface area (Å²) in [6.07, 6.45) is 0.315. The van der Waals surface area contributed by atoms with Crippen molar-refractivity contribution in [3.8, 4) is 5.75 Å². The van der Waals surface area contributed by atoms with Crippen LogP contribution in [-0.4, -0.2) is 43.9 Å². The molecule has 0 bridgehead atoms. The van der Waals surface area contributed by atoms with Gasteiger partial charge in [-0.25, -0.2) is 0 Å². The molecule has 1 saturated heterocycles. The van der Waals surface area contributed by atoms with Gasteiger partial charge in [0.2, 0.25) is 0 Å². The van der Waals surface area contributed by atoms with Gasteiger partial charge in [-0.15, -0.1) is 0 Å². The third-order valence-corrected chi connectivity index (χ3v) is 3.78. The van der Waals surface area contributed by atoms with Crippen LogP contribution in [0.3, 0.4) is 0 Å². The van der Waals surface area contributed by atoms with E-state index in [0.29, 0.717) is 12.1 Å². The second-order valence-electron chi connectivity index (χ2n) is 6.10. The summed E-state index contributed by atoms with van der Waals surface area (Å²) in [5.74, 6) is 0.974. The van der Waals surface area contributed by atoms with Gasteiger partial charge in [-0.2, -0.15) is 0 Å². The minimum atomic E-state index is 0.315. The van der Waals surface area contributed by atoms with Crippen LogP contribution >= 0.6 is 0 Å². The molecule has 4 heteroatoms. The highest BCUT2D eigenvalue weighted by Gasteiger charge is 2.18. The minimum Gasteiger partial charge on any atom is -0.496 e. The Balaban J connectivity index is 2.06. The van der Waals surface area contributed by atoms with E-state index in [4.69, 9.17) is 9.47 Å². The van der Waals surface area contributed by atoms with E-state index in [1.807, 2.05) is 0 Å². The van der Waals surface area contributed by atoms with Crippen LogP contribution < -0.4 is 10.1 Å². The fourth-order valence-electron chi connectivity index (χ4n) is 2.66. The zero-order valence-corrected chi connectivity index (χ0v) is 13.7. The Morgan fingerprint density at radius 2 is 2.24 bits per heavy atom. The van der Waals surface area contributed by atoms with Crippen molar-refractivity contribution in [3.63, 3.8) is 0 Å². The highest BCUT2D eigenvalue weighted by molar-refractivity contribution is 5.37. The predicted molar refractivity (Wildman–Crippen MR) is 85.7 cm³/mol. The van der Waals surface area contributed by atoms with Gasteiger partial charge in [0, 0.05) is 37.8 Å². The summed E-state index contributed by atoms with van der Waals surface area (Å²) in [5.41, 5.74) is 2.57. The van der Waals surface area contributed by atoms with Crippen LogP contribution in [0.25, 0.3) is 0 Å². The molecule has 21 heavy (non-hydrogen) atoms. The molecule has 1 aliphatic heterocycles. The molecule has 1 fully saturated rings. The number of hydrogen-bond acceptors (Lipinski definition) is 4. The third kappa shape index (κ3) is 4.99. The van der Waals surface area contributed by atoms with Crippen LogP contribution in [0.1, 0.15) is 31.9 Å². The summed E-state index contributed by atoms with van der Waals surface area (Å²) >= 11 is 0. The number of nitrogens with zero attached hydrogens (tertiary/aromatic N) is 1. The first-order valence-corrected chi connectivity index (χ1v) is 7.81. The quantitative estimate of drug-likeness (QED) is 0.873. The lowest BCUT2D eigenvalue weighted by atomic mass is 10.1. The maximum Gasteiger partial charge on any atom is 0.123 e. The summed E-state index contributed by atoms with van der Waals surface area (Å²) < 4.78 is 11.1. The van der Waals surface area contributed by atoms with E-state index in [-0.39, 0.29) is 0 Å². The summed E-state index contributed by atoms with van der Waals surface area (Å²) in [5, 5.41) is 3.46. The van der Waals surface area contributed by atoms with Crippen LogP contribution in [0.15, 0.2) is 18.2 Å². The largest absolute Gasteiger partial charge is 0.496 e. The van der Waals surface area contributed by atoms with E-state index in [2.05, 4.69) is 49.2 Å². The molecule has 1 aromatic carbocycles. The van der Waals surface area contributed by atoms with Crippen LogP contribution in [-0.2, 0) is 17.8 Å². The Morgan fingerprint density at radius 1 is 1.43 bits per heavy atom. The Morgan fingerprint density at radius 3 is 2.90 bits per heavy atom. The first kappa shape index (κ1) is 16.3. The van der Waals surface area contributed by atoms with Gasteiger partial charge < -0.3 is 14.8 Å². The van der Waals surface area contributed by atoms with Crippen molar-refractivity contribution in [2.24, 2.45) is 0 Å². The Hall–Kier alpha value is -1.10. The lowest BCUT2D eigenvalue weighted by molar-refractivity contribution is -0.0214. The Kier molecular flexibility index (Phi) is 6.03. The fourth-order valence-corrected chi connectivity index (χ4v) is 2.66. The van der Waals surface area contributed by atoms with Crippen molar-refractivity contribution in [3.05, 3.63) is 29.3 Å². The van der Waals surface area contributed by atoms with Gasteiger partial charge in [-0.3, -0.25) is 4.90 Å². The molecule has 0 amide bonds. The lowest BCUT2D eigenvalue weighted by Crippen LogP contribution is -2.40. The lowest BCUT2D eigenvalue weighted by Gasteiger charge is -2.31. The van der Waals surface area contributed by atoms with Gasteiger partial charge in [0.25, 0.3) is 0 Å². The van der Waals surface area contributed by atoms with Gasteiger partial charge in [-0.1, -0.05) is 19.9 Å². The number of nitrogens with one attached hydrogen (secondary N) is 1. The fraction of sp³-hybridized carbons (Fsp3) is 0.647. The smallest absolute Gasteiger partial charge is 0.123 e. The molecule has 2 rings (SSSR count). The first-order valence-electron chi connectivity index (χ1n) is 7.81. The number of benzene rings is 1. The molecule has 1 atom stereocenters. The number of methoxy groups -OCH3 is 1. The molecule has 0 saturated carbocycles. The average molecular weight is 292 g/mol. The van der Waals surface area contributed by atoms with E-state index in [1.165, 1.54) is 11.1 Å². The van der Waals surface area contributed by atoms with Crippen LogP contribution in [0.2, 0.25) is 0 Å². The van der Waals surface area contributed by atoms with Crippen LogP contribution in [0.4, 0.5) is 0 Å². The SMILES string of the molecule is COc1ccc(CNC(C)C)cc1CN1CCOC(C)C1. The van der Waals surface area contributed by atoms with E-state index in [0.717, 1.165) is 38.5 Å². The molecule has 1 unspecified atom stereocenters. The second kappa shape index (κ2) is 7.78. The monoisotopic (exact) mass is 292 g/mol. The molecule has 1 N–H and O–H groups in total. The first-order chi connectivity index (χ1) is 10.1. The summed E-state index contributed by atoms with van der Waals surface area (Å²) in [7, 11) is 1.74. The molecule has 4 nitrogen and oxygen atoms in total. The summed E-state index contributed by atoms with van der Waals surface area (Å²) in [4.78, 5) is 2.44. The van der Waals surface area contributed by atoms with Crippen LogP contribution in [0, 0.1) is 0 Å². The van der Waals surface area contributed by atoms with Crippen molar-refractivity contribution in [1.82, 2.24) is 10.2 Å². The molecular formula is C17H28N2O2. The second-order valence-corrected chi connectivity index (χ2v) is 6.10. The highest BCUT2D eigenvalue weighted by Crippen LogP contribution is 2.22. The molecular weight excluding hydrogens is 264 g/mol. The van der Waals surface area contributed by atoms with Crippen molar-refractivity contribution in [2.45, 2.75) is 46.0 Å². The van der Waals surface area contributed by atoms with E-state index >= 15 is 0 Å². The molecule has 0 aromatic heterocycles. The van der Waals surface area contributed by atoms with E-state index in [9.17, 15) is 0 Å². The normalized spacial score (nSPS) is 20.0. The maximum atomic E-state index is 5.61. The van der Waals surface area contributed by atoms with Gasteiger partial charge >= 0.3 is 0 Å². The Bertz CT molecular complexity index is 448. The van der Waals surface area contributed by atoms with Gasteiger partial charge in [0.1, 0.15) is 5.75 Å². The molecule has 1 aromatic rings. The van der Waals surface area contributed by atoms with Crippen molar-refractivity contribution < 1.29 is 9.47 Å². The minimum absolute atomic E-state index is 0.315. The zero-order valence-electron chi connectivity index (χ0n) is 13.7. The number of morpholine rings is 1. The van der Waals surface area contributed by atoms with Crippen molar-refractivity contribution in [1.29, 1.82) is 0 Å². The molecule has 0 aliphatic carbocycles. The number of ether oxygens (including phenoxy) is 2. The van der Waals surface area contributed by atoms with Gasteiger partial charge in [0.15, 0.2) is 0 Å². The van der Waals surface area contributed by atoms with Crippen LogP contribution in [0.5, 0.6) is 5.75 Å². The summed E-state index contributed by atoms with van der Waals surface area (Å²) in [6, 6.07) is 6.97. The van der Waals surface area contributed by atoms with Crippen molar-refractivity contribution in [2.75, 3.05) is 26.8 Å². The van der Waals surface area contributed by atoms with Gasteiger partial charge in [0.05, 0.1) is 19.8 Å². The molecule has 1 heterocycles. The average Bonchev–Trinajstić information content (AvgIpc) is 2.45. The van der Waals surface area contributed by atoms with Gasteiger partial charge in [-0.05, 0) is 24.6 Å². The molecule has 118 valence electrons. The standard InChI is InChI=1S/C17H28N2O2/c1-13(2)18-10-15-5-6-17(20-4)16(9-15)12-19-7-8-21-14(3)11-19/h5-6,9,13-14,18H,7-8,10-12H2,1-4H3. The Labute approximate surface area is 128 Å². The molecule has 1 aliphatic rings. The topological polar surface area (TPSA) is 33.7 Å². The van der Waals surface area contributed by atoms with Crippen molar-refractivity contribution >= 4 is 0 Å². The molecule has 0 spiro atoms. The maximum absolute atomic E-state index is 5.61. The predicted octanol–water partition coefficient (Wildman–Crippen LogP) is 2.41. The van der Waals surface area contributed by atoms with E-state index < -0.39 is 0 Å². The molecule has 0 radical (unpaired) electrons. The number of rotatable bonds is 6. The number of hydrogen-bond donors (Lipinski definition) is 1. The third-order valence-electron chi connectivity index (χ3n) is 3.78. The highest BCUT2D eigenvalue weighted by atomic mass is 16.5. The summed E-state index contributed by atoms with van der Waals surface area (Å²) in [6.45, 7) is 11.1. The van der Waals surface area contributed by atoms with E-state index in [1.54, 1.807) is 7.11 Å².